The maximum Gasteiger partial charge on any atom is 0.289 e. The van der Waals surface area contributed by atoms with E-state index in [0.717, 1.165) is 48.4 Å². The SMILES string of the molecule is Cc1ccc(Nc2cc(F)cc(N3CC4CCC(C3)O4)c2)cc1-c1cc(C(=O)NCC(C)(C)C)on1. The van der Waals surface area contributed by atoms with E-state index in [1.54, 1.807) is 12.1 Å². The van der Waals surface area contributed by atoms with E-state index >= 15 is 0 Å². The summed E-state index contributed by atoms with van der Waals surface area (Å²) >= 11 is 0. The molecule has 0 radical (unpaired) electrons. The number of carbonyl (C=O) groups is 1. The van der Waals surface area contributed by atoms with Crippen LogP contribution in [0.15, 0.2) is 47.0 Å². The van der Waals surface area contributed by atoms with Gasteiger partial charge < -0.3 is 24.8 Å². The van der Waals surface area contributed by atoms with Crippen LogP contribution in [-0.4, -0.2) is 42.9 Å². The predicted molar refractivity (Wildman–Crippen MR) is 138 cm³/mol. The van der Waals surface area contributed by atoms with Crippen molar-refractivity contribution in [2.24, 2.45) is 5.41 Å². The van der Waals surface area contributed by atoms with E-state index in [2.05, 4.69) is 20.7 Å². The van der Waals surface area contributed by atoms with Gasteiger partial charge in [0.15, 0.2) is 0 Å². The van der Waals surface area contributed by atoms with Crippen molar-refractivity contribution in [3.05, 3.63) is 59.6 Å². The molecule has 36 heavy (non-hydrogen) atoms. The lowest BCUT2D eigenvalue weighted by atomic mass is 9.97. The maximum atomic E-state index is 14.6. The van der Waals surface area contributed by atoms with Crippen LogP contribution in [0.25, 0.3) is 11.3 Å². The monoisotopic (exact) mass is 492 g/mol. The third-order valence-electron chi connectivity index (χ3n) is 6.61. The number of nitrogens with one attached hydrogen (secondary N) is 2. The quantitative estimate of drug-likeness (QED) is 0.461. The second kappa shape index (κ2) is 9.58. The zero-order chi connectivity index (χ0) is 25.4. The second-order valence-electron chi connectivity index (χ2n) is 11.0. The molecule has 2 aliphatic rings. The normalized spacial score (nSPS) is 19.4. The third-order valence-corrected chi connectivity index (χ3v) is 6.61. The molecule has 2 saturated heterocycles. The van der Waals surface area contributed by atoms with Gasteiger partial charge in [0, 0.05) is 48.3 Å². The van der Waals surface area contributed by atoms with Crippen molar-refractivity contribution in [2.45, 2.75) is 52.7 Å². The number of anilines is 3. The number of nitrogens with zero attached hydrogens (tertiary/aromatic N) is 2. The Morgan fingerprint density at radius 3 is 2.56 bits per heavy atom. The molecule has 0 spiro atoms. The summed E-state index contributed by atoms with van der Waals surface area (Å²) in [4.78, 5) is 14.7. The fraction of sp³-hybridized carbons (Fsp3) is 0.429. The molecule has 3 heterocycles. The highest BCUT2D eigenvalue weighted by Crippen LogP contribution is 2.33. The Bertz CT molecular complexity index is 1250. The Morgan fingerprint density at radius 2 is 1.83 bits per heavy atom. The summed E-state index contributed by atoms with van der Waals surface area (Å²) in [5.41, 5.74) is 4.66. The van der Waals surface area contributed by atoms with Crippen LogP contribution in [0, 0.1) is 18.2 Å². The average Bonchev–Trinajstić information content (AvgIpc) is 3.44. The van der Waals surface area contributed by atoms with Crippen molar-refractivity contribution in [3.8, 4) is 11.3 Å². The number of carbonyl (C=O) groups excluding carboxylic acids is 1. The van der Waals surface area contributed by atoms with Gasteiger partial charge in [-0.1, -0.05) is 32.0 Å². The summed E-state index contributed by atoms with van der Waals surface area (Å²) in [7, 11) is 0. The minimum absolute atomic E-state index is 0.0345. The van der Waals surface area contributed by atoms with Gasteiger partial charge >= 0.3 is 0 Å². The largest absolute Gasteiger partial charge is 0.371 e. The molecule has 190 valence electrons. The van der Waals surface area contributed by atoms with Crippen LogP contribution in [0.2, 0.25) is 0 Å². The summed E-state index contributed by atoms with van der Waals surface area (Å²) in [6.07, 6.45) is 2.59. The number of ether oxygens (including phenoxy) is 1. The first-order chi connectivity index (χ1) is 17.1. The number of amides is 1. The molecule has 1 amide bonds. The Morgan fingerprint density at radius 1 is 1.08 bits per heavy atom. The smallest absolute Gasteiger partial charge is 0.289 e. The molecular formula is C28H33FN4O3. The van der Waals surface area contributed by atoms with E-state index in [-0.39, 0.29) is 35.1 Å². The van der Waals surface area contributed by atoms with E-state index < -0.39 is 0 Å². The Labute approximate surface area is 211 Å². The standard InChI is InChI=1S/C28H33FN4O3/c1-17-5-6-19(12-24(17)25-13-26(36-32-25)27(34)30-16-28(2,3)4)31-20-9-18(29)10-21(11-20)33-14-22-7-8-23(15-33)35-22/h5-6,9-13,22-23,31H,7-8,14-16H2,1-4H3,(H,30,34). The minimum atomic E-state index is -0.292. The molecule has 2 N–H and O–H groups in total. The zero-order valence-electron chi connectivity index (χ0n) is 21.2. The summed E-state index contributed by atoms with van der Waals surface area (Å²) in [6.45, 7) is 10.2. The minimum Gasteiger partial charge on any atom is -0.371 e. The average molecular weight is 493 g/mol. The highest BCUT2D eigenvalue weighted by atomic mass is 19.1. The van der Waals surface area contributed by atoms with Gasteiger partial charge in [0.2, 0.25) is 5.76 Å². The molecule has 7 nitrogen and oxygen atoms in total. The van der Waals surface area contributed by atoms with Gasteiger partial charge in [-0.2, -0.15) is 0 Å². The number of halogens is 1. The molecule has 0 saturated carbocycles. The zero-order valence-corrected chi connectivity index (χ0v) is 21.2. The number of fused-ring (bicyclic) bond motifs is 2. The Balaban J connectivity index is 1.33. The first-order valence-electron chi connectivity index (χ1n) is 12.5. The van der Waals surface area contributed by atoms with E-state index in [1.165, 1.54) is 6.07 Å². The topological polar surface area (TPSA) is 79.6 Å². The highest BCUT2D eigenvalue weighted by molar-refractivity contribution is 5.92. The molecule has 2 fully saturated rings. The Kier molecular flexibility index (Phi) is 6.47. The summed E-state index contributed by atoms with van der Waals surface area (Å²) in [5.74, 6) is -0.413. The van der Waals surface area contributed by atoms with Crippen molar-refractivity contribution in [3.63, 3.8) is 0 Å². The summed E-state index contributed by atoms with van der Waals surface area (Å²) in [6, 6.07) is 12.5. The molecule has 8 heteroatoms. The van der Waals surface area contributed by atoms with Crippen molar-refractivity contribution < 1.29 is 18.4 Å². The molecule has 2 atom stereocenters. The lowest BCUT2D eigenvalue weighted by Gasteiger charge is -2.34. The first kappa shape index (κ1) is 24.3. The van der Waals surface area contributed by atoms with Crippen molar-refractivity contribution in [2.75, 3.05) is 29.9 Å². The van der Waals surface area contributed by atoms with E-state index in [0.29, 0.717) is 17.9 Å². The van der Waals surface area contributed by atoms with Crippen LogP contribution in [0.1, 0.15) is 49.7 Å². The molecular weight excluding hydrogens is 459 g/mol. The van der Waals surface area contributed by atoms with E-state index in [4.69, 9.17) is 9.26 Å². The highest BCUT2D eigenvalue weighted by Gasteiger charge is 2.34. The molecule has 2 bridgehead atoms. The molecule has 2 aliphatic heterocycles. The summed E-state index contributed by atoms with van der Waals surface area (Å²) < 4.78 is 25.8. The van der Waals surface area contributed by atoms with Crippen LogP contribution in [0.5, 0.6) is 0 Å². The fourth-order valence-corrected chi connectivity index (χ4v) is 4.74. The first-order valence-corrected chi connectivity index (χ1v) is 12.5. The number of morpholine rings is 1. The molecule has 2 unspecified atom stereocenters. The summed E-state index contributed by atoms with van der Waals surface area (Å²) in [5, 5.41) is 10.3. The number of benzene rings is 2. The molecule has 2 aromatic carbocycles. The van der Waals surface area contributed by atoms with Gasteiger partial charge in [-0.05, 0) is 61.1 Å². The van der Waals surface area contributed by atoms with Crippen LogP contribution >= 0.6 is 0 Å². The van der Waals surface area contributed by atoms with Gasteiger partial charge in [-0.3, -0.25) is 4.79 Å². The van der Waals surface area contributed by atoms with Crippen molar-refractivity contribution in [1.82, 2.24) is 10.5 Å². The molecule has 1 aromatic heterocycles. The van der Waals surface area contributed by atoms with Crippen molar-refractivity contribution >= 4 is 23.0 Å². The number of hydrogen-bond acceptors (Lipinski definition) is 6. The van der Waals surface area contributed by atoms with Crippen LogP contribution in [-0.2, 0) is 4.74 Å². The molecule has 5 rings (SSSR count). The number of aryl methyl sites for hydroxylation is 1. The third kappa shape index (κ3) is 5.54. The Hall–Kier alpha value is -3.39. The van der Waals surface area contributed by atoms with Gasteiger partial charge in [0.1, 0.15) is 11.5 Å². The predicted octanol–water partition coefficient (Wildman–Crippen LogP) is 5.68. The van der Waals surface area contributed by atoms with E-state index in [1.807, 2.05) is 52.0 Å². The van der Waals surface area contributed by atoms with Crippen LogP contribution < -0.4 is 15.5 Å². The van der Waals surface area contributed by atoms with E-state index in [9.17, 15) is 9.18 Å². The lowest BCUT2D eigenvalue weighted by Crippen LogP contribution is -2.42. The van der Waals surface area contributed by atoms with Crippen molar-refractivity contribution in [1.29, 1.82) is 0 Å². The number of aromatic nitrogens is 1. The maximum absolute atomic E-state index is 14.6. The second-order valence-corrected chi connectivity index (χ2v) is 11.0. The van der Waals surface area contributed by atoms with Gasteiger partial charge in [0.25, 0.3) is 5.91 Å². The lowest BCUT2D eigenvalue weighted by molar-refractivity contribution is 0.0305. The molecule has 0 aliphatic carbocycles. The van der Waals surface area contributed by atoms with Gasteiger partial charge in [0.05, 0.1) is 12.2 Å². The van der Waals surface area contributed by atoms with Crippen LogP contribution in [0.4, 0.5) is 21.5 Å². The van der Waals surface area contributed by atoms with Gasteiger partial charge in [-0.25, -0.2) is 4.39 Å². The van der Waals surface area contributed by atoms with Crippen LogP contribution in [0.3, 0.4) is 0 Å². The number of rotatable bonds is 6. The molecule has 3 aromatic rings. The van der Waals surface area contributed by atoms with Gasteiger partial charge in [-0.15, -0.1) is 0 Å². The fourth-order valence-electron chi connectivity index (χ4n) is 4.74. The number of hydrogen-bond donors (Lipinski definition) is 2.